The van der Waals surface area contributed by atoms with E-state index >= 15 is 0 Å². The maximum atomic E-state index is 12.1. The lowest BCUT2D eigenvalue weighted by Gasteiger charge is -2.15. The standard InChI is InChI=1S/C29H42O2/c1-5-7-8-9-10-11-12-25-14-16-27(17-15-25)28-20-18-26(19-21-28)24(4)31-29(30)22-13-23(3)6-2/h14-21,23-24H,5-13,22H2,1-4H3. The summed E-state index contributed by atoms with van der Waals surface area (Å²) in [6.45, 7) is 8.55. The molecule has 2 aromatic carbocycles. The molecule has 170 valence electrons. The zero-order chi connectivity index (χ0) is 22.5. The van der Waals surface area contributed by atoms with Gasteiger partial charge in [-0.2, -0.15) is 0 Å². The fourth-order valence-corrected chi connectivity index (χ4v) is 3.81. The predicted molar refractivity (Wildman–Crippen MR) is 132 cm³/mol. The molecule has 0 aromatic heterocycles. The van der Waals surface area contributed by atoms with Gasteiger partial charge in [0.25, 0.3) is 0 Å². The molecule has 31 heavy (non-hydrogen) atoms. The van der Waals surface area contributed by atoms with Crippen molar-refractivity contribution >= 4 is 5.97 Å². The number of rotatable bonds is 14. The molecule has 0 radical (unpaired) electrons. The van der Waals surface area contributed by atoms with Crippen LogP contribution in [0.15, 0.2) is 48.5 Å². The first-order chi connectivity index (χ1) is 15.0. The largest absolute Gasteiger partial charge is 0.458 e. The molecule has 0 aliphatic rings. The summed E-state index contributed by atoms with van der Waals surface area (Å²) in [4.78, 5) is 12.1. The van der Waals surface area contributed by atoms with E-state index < -0.39 is 0 Å². The van der Waals surface area contributed by atoms with Gasteiger partial charge in [-0.05, 0) is 54.4 Å². The molecule has 0 saturated heterocycles. The van der Waals surface area contributed by atoms with Crippen LogP contribution < -0.4 is 0 Å². The Morgan fingerprint density at radius 1 is 0.806 bits per heavy atom. The van der Waals surface area contributed by atoms with Gasteiger partial charge >= 0.3 is 5.97 Å². The Kier molecular flexibility index (Phi) is 11.4. The number of ether oxygens (including phenoxy) is 1. The Morgan fingerprint density at radius 3 is 2.00 bits per heavy atom. The first-order valence-corrected chi connectivity index (χ1v) is 12.4. The van der Waals surface area contributed by atoms with Gasteiger partial charge in [-0.1, -0.05) is 108 Å². The van der Waals surface area contributed by atoms with Crippen molar-refractivity contribution in [3.05, 3.63) is 59.7 Å². The molecular formula is C29H42O2. The highest BCUT2D eigenvalue weighted by Crippen LogP contribution is 2.25. The van der Waals surface area contributed by atoms with Crippen LogP contribution in [0.25, 0.3) is 11.1 Å². The van der Waals surface area contributed by atoms with E-state index in [4.69, 9.17) is 4.74 Å². The van der Waals surface area contributed by atoms with Crippen molar-refractivity contribution in [1.29, 1.82) is 0 Å². The van der Waals surface area contributed by atoms with Crippen LogP contribution in [-0.4, -0.2) is 5.97 Å². The first kappa shape index (κ1) is 25.2. The molecule has 0 spiro atoms. The van der Waals surface area contributed by atoms with Gasteiger partial charge in [0.15, 0.2) is 0 Å². The normalized spacial score (nSPS) is 13.0. The van der Waals surface area contributed by atoms with E-state index in [1.807, 2.05) is 6.92 Å². The Bertz CT molecular complexity index is 745. The number of carbonyl (C=O) groups is 1. The fourth-order valence-electron chi connectivity index (χ4n) is 3.81. The van der Waals surface area contributed by atoms with Gasteiger partial charge in [0.05, 0.1) is 0 Å². The van der Waals surface area contributed by atoms with E-state index in [0.717, 1.165) is 18.4 Å². The molecule has 2 rings (SSSR count). The summed E-state index contributed by atoms with van der Waals surface area (Å²) < 4.78 is 5.62. The predicted octanol–water partition coefficient (Wildman–Crippen LogP) is 8.69. The molecule has 2 aromatic rings. The second kappa shape index (κ2) is 14.1. The minimum absolute atomic E-state index is 0.0992. The van der Waals surface area contributed by atoms with Crippen molar-refractivity contribution in [1.82, 2.24) is 0 Å². The van der Waals surface area contributed by atoms with E-state index in [2.05, 4.69) is 69.3 Å². The highest BCUT2D eigenvalue weighted by Gasteiger charge is 2.13. The number of unbranched alkanes of at least 4 members (excludes halogenated alkanes) is 5. The lowest BCUT2D eigenvalue weighted by atomic mass is 9.99. The third kappa shape index (κ3) is 9.29. The summed E-state index contributed by atoms with van der Waals surface area (Å²) in [5.41, 5.74) is 4.90. The molecule has 2 unspecified atom stereocenters. The second-order valence-corrected chi connectivity index (χ2v) is 9.02. The molecule has 0 aliphatic carbocycles. The summed E-state index contributed by atoms with van der Waals surface area (Å²) in [6.07, 6.45) is 11.5. The molecule has 2 heteroatoms. The molecule has 0 N–H and O–H groups in total. The lowest BCUT2D eigenvalue weighted by Crippen LogP contribution is -2.10. The number of carbonyl (C=O) groups excluding carboxylic acids is 1. The van der Waals surface area contributed by atoms with Crippen molar-refractivity contribution in [3.8, 4) is 11.1 Å². The number of aryl methyl sites for hydroxylation is 1. The highest BCUT2D eigenvalue weighted by atomic mass is 16.5. The van der Waals surface area contributed by atoms with Gasteiger partial charge in [-0.3, -0.25) is 4.79 Å². The maximum absolute atomic E-state index is 12.1. The van der Waals surface area contributed by atoms with Crippen LogP contribution in [0.4, 0.5) is 0 Å². The maximum Gasteiger partial charge on any atom is 0.306 e. The summed E-state index contributed by atoms with van der Waals surface area (Å²) in [5.74, 6) is 0.470. The van der Waals surface area contributed by atoms with E-state index in [9.17, 15) is 4.79 Å². The molecule has 0 bridgehead atoms. The smallest absolute Gasteiger partial charge is 0.306 e. The molecule has 2 atom stereocenters. The summed E-state index contributed by atoms with van der Waals surface area (Å²) in [7, 11) is 0. The number of hydrogen-bond donors (Lipinski definition) is 0. The second-order valence-electron chi connectivity index (χ2n) is 9.02. The molecule has 0 fully saturated rings. The molecule has 2 nitrogen and oxygen atoms in total. The third-order valence-corrected chi connectivity index (χ3v) is 6.33. The van der Waals surface area contributed by atoms with Gasteiger partial charge in [0, 0.05) is 6.42 Å². The molecule has 0 aliphatic heterocycles. The Hall–Kier alpha value is -2.09. The lowest BCUT2D eigenvalue weighted by molar-refractivity contribution is -0.148. The van der Waals surface area contributed by atoms with Crippen molar-refractivity contribution in [2.24, 2.45) is 5.92 Å². The SMILES string of the molecule is CCCCCCCCc1ccc(-c2ccc(C(C)OC(=O)CCC(C)CC)cc2)cc1. The van der Waals surface area contributed by atoms with Crippen LogP contribution in [0, 0.1) is 5.92 Å². The van der Waals surface area contributed by atoms with Crippen molar-refractivity contribution < 1.29 is 9.53 Å². The van der Waals surface area contributed by atoms with Crippen LogP contribution >= 0.6 is 0 Å². The van der Waals surface area contributed by atoms with Crippen LogP contribution in [-0.2, 0) is 16.0 Å². The van der Waals surface area contributed by atoms with E-state index in [1.54, 1.807) is 0 Å². The van der Waals surface area contributed by atoms with Gasteiger partial charge < -0.3 is 4.74 Å². The quantitative estimate of drug-likeness (QED) is 0.225. The van der Waals surface area contributed by atoms with Crippen molar-refractivity contribution in [2.45, 2.75) is 98.0 Å². The Morgan fingerprint density at radius 2 is 1.39 bits per heavy atom. The number of benzene rings is 2. The summed E-state index contributed by atoms with van der Waals surface area (Å²) in [6, 6.07) is 17.4. The summed E-state index contributed by atoms with van der Waals surface area (Å²) >= 11 is 0. The third-order valence-electron chi connectivity index (χ3n) is 6.33. The molecule has 0 heterocycles. The van der Waals surface area contributed by atoms with Crippen LogP contribution in [0.1, 0.15) is 103 Å². The zero-order valence-corrected chi connectivity index (χ0v) is 20.2. The van der Waals surface area contributed by atoms with E-state index in [0.29, 0.717) is 12.3 Å². The Labute approximate surface area is 190 Å². The van der Waals surface area contributed by atoms with Gasteiger partial charge in [0.2, 0.25) is 0 Å². The molecule has 0 saturated carbocycles. The van der Waals surface area contributed by atoms with Gasteiger partial charge in [-0.25, -0.2) is 0 Å². The fraction of sp³-hybridized carbons (Fsp3) is 0.552. The Balaban J connectivity index is 1.82. The van der Waals surface area contributed by atoms with Crippen LogP contribution in [0.5, 0.6) is 0 Å². The van der Waals surface area contributed by atoms with Crippen molar-refractivity contribution in [2.75, 3.05) is 0 Å². The minimum Gasteiger partial charge on any atom is -0.458 e. The first-order valence-electron chi connectivity index (χ1n) is 12.4. The van der Waals surface area contributed by atoms with Crippen LogP contribution in [0.3, 0.4) is 0 Å². The summed E-state index contributed by atoms with van der Waals surface area (Å²) in [5, 5.41) is 0. The number of hydrogen-bond acceptors (Lipinski definition) is 2. The average Bonchev–Trinajstić information content (AvgIpc) is 2.80. The molecule has 0 amide bonds. The van der Waals surface area contributed by atoms with Gasteiger partial charge in [-0.15, -0.1) is 0 Å². The van der Waals surface area contributed by atoms with Gasteiger partial charge in [0.1, 0.15) is 6.10 Å². The minimum atomic E-state index is -0.210. The van der Waals surface area contributed by atoms with E-state index in [-0.39, 0.29) is 12.1 Å². The monoisotopic (exact) mass is 422 g/mol. The molecular weight excluding hydrogens is 380 g/mol. The topological polar surface area (TPSA) is 26.3 Å². The van der Waals surface area contributed by atoms with Crippen molar-refractivity contribution in [3.63, 3.8) is 0 Å². The average molecular weight is 423 g/mol. The number of esters is 1. The van der Waals surface area contributed by atoms with E-state index in [1.165, 1.54) is 61.6 Å². The van der Waals surface area contributed by atoms with Crippen LogP contribution in [0.2, 0.25) is 0 Å². The highest BCUT2D eigenvalue weighted by molar-refractivity contribution is 5.70. The zero-order valence-electron chi connectivity index (χ0n) is 20.2.